The van der Waals surface area contributed by atoms with Gasteiger partial charge in [0.25, 0.3) is 5.91 Å². The van der Waals surface area contributed by atoms with E-state index in [-0.39, 0.29) is 16.3 Å². The summed E-state index contributed by atoms with van der Waals surface area (Å²) in [6.45, 7) is 3.12. The zero-order valence-corrected chi connectivity index (χ0v) is 15.2. The van der Waals surface area contributed by atoms with Crippen molar-refractivity contribution >= 4 is 33.5 Å². The maximum atomic E-state index is 12.6. The standard InChI is InChI=1S/C14H19ClN2O6S/c1-7(2)11(14(19)20)17-24(21,22)10-6-8(15)5-9(12(10)23-4)13(18)16-3/h5-7,11,17H,1-4H3,(H,16,18)(H,19,20)/t11-/m0/s1. The molecule has 0 radical (unpaired) electrons. The van der Waals surface area contributed by atoms with Crippen LogP contribution in [0.1, 0.15) is 24.2 Å². The average molecular weight is 379 g/mol. The minimum Gasteiger partial charge on any atom is -0.494 e. The van der Waals surface area contributed by atoms with Gasteiger partial charge in [-0.05, 0) is 18.1 Å². The second kappa shape index (κ2) is 7.82. The quantitative estimate of drug-likeness (QED) is 0.653. The Morgan fingerprint density at radius 1 is 1.29 bits per heavy atom. The molecule has 1 amide bonds. The molecule has 0 unspecified atom stereocenters. The molecule has 24 heavy (non-hydrogen) atoms. The largest absolute Gasteiger partial charge is 0.494 e. The molecule has 134 valence electrons. The molecule has 0 saturated heterocycles. The topological polar surface area (TPSA) is 122 Å². The first kappa shape index (κ1) is 20.2. The number of hydrogen-bond acceptors (Lipinski definition) is 5. The van der Waals surface area contributed by atoms with Gasteiger partial charge in [-0.25, -0.2) is 8.42 Å². The molecule has 1 aromatic rings. The number of amides is 1. The number of carboxylic acid groups (broad SMARTS) is 1. The minimum absolute atomic E-state index is 0.00815. The van der Waals surface area contributed by atoms with Gasteiger partial charge in [0.1, 0.15) is 10.9 Å². The summed E-state index contributed by atoms with van der Waals surface area (Å²) in [5.41, 5.74) is -0.0794. The van der Waals surface area contributed by atoms with E-state index in [1.165, 1.54) is 20.2 Å². The molecule has 0 aliphatic rings. The van der Waals surface area contributed by atoms with Crippen molar-refractivity contribution in [2.45, 2.75) is 24.8 Å². The van der Waals surface area contributed by atoms with Gasteiger partial charge >= 0.3 is 5.97 Å². The normalized spacial score (nSPS) is 12.8. The summed E-state index contributed by atoms with van der Waals surface area (Å²) in [6, 6.07) is 1.01. The van der Waals surface area contributed by atoms with Crippen LogP contribution in [0.5, 0.6) is 5.75 Å². The Labute approximate surface area is 145 Å². The molecule has 0 saturated carbocycles. The maximum Gasteiger partial charge on any atom is 0.322 e. The van der Waals surface area contributed by atoms with Crippen LogP contribution in [-0.2, 0) is 14.8 Å². The number of nitrogens with one attached hydrogen (secondary N) is 2. The van der Waals surface area contributed by atoms with Crippen LogP contribution in [0, 0.1) is 5.92 Å². The minimum atomic E-state index is -4.30. The van der Waals surface area contributed by atoms with Crippen molar-refractivity contribution in [2.75, 3.05) is 14.2 Å². The van der Waals surface area contributed by atoms with Crippen LogP contribution >= 0.6 is 11.6 Å². The molecule has 0 bridgehead atoms. The van der Waals surface area contributed by atoms with Crippen LogP contribution in [0.4, 0.5) is 0 Å². The van der Waals surface area contributed by atoms with E-state index in [9.17, 15) is 18.0 Å². The van der Waals surface area contributed by atoms with Gasteiger partial charge in [-0.1, -0.05) is 25.4 Å². The lowest BCUT2D eigenvalue weighted by molar-refractivity contribution is -0.140. The number of carbonyl (C=O) groups is 2. The number of rotatable bonds is 7. The van der Waals surface area contributed by atoms with E-state index < -0.39 is 38.8 Å². The van der Waals surface area contributed by atoms with E-state index in [4.69, 9.17) is 21.4 Å². The number of ether oxygens (including phenoxy) is 1. The maximum absolute atomic E-state index is 12.6. The number of benzene rings is 1. The first-order valence-corrected chi connectivity index (χ1v) is 8.76. The number of carboxylic acids is 1. The molecule has 1 aromatic carbocycles. The summed E-state index contributed by atoms with van der Waals surface area (Å²) in [5.74, 6) is -2.63. The highest BCUT2D eigenvalue weighted by Gasteiger charge is 2.31. The highest BCUT2D eigenvalue weighted by atomic mass is 35.5. The Kier molecular flexibility index (Phi) is 6.58. The molecule has 1 atom stereocenters. The van der Waals surface area contributed by atoms with Crippen molar-refractivity contribution in [3.8, 4) is 5.75 Å². The Hall–Kier alpha value is -1.84. The van der Waals surface area contributed by atoms with Crippen LogP contribution in [0.3, 0.4) is 0 Å². The van der Waals surface area contributed by atoms with Crippen LogP contribution in [0.2, 0.25) is 5.02 Å². The van der Waals surface area contributed by atoms with Crippen LogP contribution in [-0.4, -0.2) is 45.6 Å². The van der Waals surface area contributed by atoms with Gasteiger partial charge in [0.05, 0.1) is 12.7 Å². The third-order valence-electron chi connectivity index (χ3n) is 3.20. The molecule has 3 N–H and O–H groups in total. The monoisotopic (exact) mass is 378 g/mol. The van der Waals surface area contributed by atoms with Crippen molar-refractivity contribution in [2.24, 2.45) is 5.92 Å². The first-order valence-electron chi connectivity index (χ1n) is 6.89. The van der Waals surface area contributed by atoms with E-state index in [0.717, 1.165) is 6.07 Å². The number of sulfonamides is 1. The summed E-state index contributed by atoms with van der Waals surface area (Å²) in [7, 11) is -1.73. The molecule has 10 heteroatoms. The molecular weight excluding hydrogens is 360 g/mol. The van der Waals surface area contributed by atoms with E-state index in [0.29, 0.717) is 0 Å². The van der Waals surface area contributed by atoms with Crippen molar-refractivity contribution in [1.29, 1.82) is 0 Å². The molecule has 0 heterocycles. The van der Waals surface area contributed by atoms with Crippen LogP contribution in [0.25, 0.3) is 0 Å². The molecule has 0 aliphatic carbocycles. The lowest BCUT2D eigenvalue weighted by Gasteiger charge is -2.20. The fourth-order valence-electron chi connectivity index (χ4n) is 1.98. The third-order valence-corrected chi connectivity index (χ3v) is 4.86. The summed E-state index contributed by atoms with van der Waals surface area (Å²) in [5, 5.41) is 11.5. The average Bonchev–Trinajstić information content (AvgIpc) is 2.50. The summed E-state index contributed by atoms with van der Waals surface area (Å²) < 4.78 is 32.4. The predicted molar refractivity (Wildman–Crippen MR) is 88.0 cm³/mol. The summed E-state index contributed by atoms with van der Waals surface area (Å²) in [6.07, 6.45) is 0. The summed E-state index contributed by atoms with van der Waals surface area (Å²) in [4.78, 5) is 22.7. The van der Waals surface area contributed by atoms with Gasteiger partial charge in [0, 0.05) is 12.1 Å². The second-order valence-corrected chi connectivity index (χ2v) is 7.36. The van der Waals surface area contributed by atoms with E-state index in [1.807, 2.05) is 0 Å². The fourth-order valence-corrected chi connectivity index (χ4v) is 3.82. The summed E-state index contributed by atoms with van der Waals surface area (Å²) >= 11 is 5.90. The fraction of sp³-hybridized carbons (Fsp3) is 0.429. The zero-order chi connectivity index (χ0) is 18.7. The van der Waals surface area contributed by atoms with E-state index in [1.54, 1.807) is 13.8 Å². The van der Waals surface area contributed by atoms with Crippen LogP contribution in [0.15, 0.2) is 17.0 Å². The van der Waals surface area contributed by atoms with Gasteiger partial charge < -0.3 is 15.2 Å². The van der Waals surface area contributed by atoms with E-state index in [2.05, 4.69) is 10.0 Å². The van der Waals surface area contributed by atoms with E-state index >= 15 is 0 Å². The Morgan fingerprint density at radius 2 is 1.88 bits per heavy atom. The molecule has 0 aromatic heterocycles. The number of hydrogen-bond donors (Lipinski definition) is 3. The van der Waals surface area contributed by atoms with Gasteiger partial charge in [0.15, 0.2) is 5.75 Å². The van der Waals surface area contributed by atoms with Crippen molar-refractivity contribution < 1.29 is 27.9 Å². The molecule has 0 spiro atoms. The molecule has 1 rings (SSSR count). The van der Waals surface area contributed by atoms with Gasteiger partial charge in [0.2, 0.25) is 10.0 Å². The molecule has 0 fully saturated rings. The molecule has 8 nitrogen and oxygen atoms in total. The lowest BCUT2D eigenvalue weighted by atomic mass is 10.1. The van der Waals surface area contributed by atoms with Gasteiger partial charge in [-0.3, -0.25) is 9.59 Å². The van der Waals surface area contributed by atoms with Crippen molar-refractivity contribution in [3.63, 3.8) is 0 Å². The number of carbonyl (C=O) groups excluding carboxylic acids is 1. The molecule has 0 aliphatic heterocycles. The smallest absolute Gasteiger partial charge is 0.322 e. The highest BCUT2D eigenvalue weighted by molar-refractivity contribution is 7.89. The number of methoxy groups -OCH3 is 1. The lowest BCUT2D eigenvalue weighted by Crippen LogP contribution is -2.44. The SMILES string of the molecule is CNC(=O)c1cc(Cl)cc(S(=O)(=O)N[C@H](C(=O)O)C(C)C)c1OC. The first-order chi connectivity index (χ1) is 11.0. The van der Waals surface area contributed by atoms with Crippen LogP contribution < -0.4 is 14.8 Å². The third kappa shape index (κ3) is 4.37. The number of halogens is 1. The highest BCUT2D eigenvalue weighted by Crippen LogP contribution is 2.32. The zero-order valence-electron chi connectivity index (χ0n) is 13.6. The van der Waals surface area contributed by atoms with Gasteiger partial charge in [-0.15, -0.1) is 0 Å². The Balaban J connectivity index is 3.51. The molecular formula is C14H19ClN2O6S. The second-order valence-electron chi connectivity index (χ2n) is 5.25. The Morgan fingerprint density at radius 3 is 2.29 bits per heavy atom. The number of aliphatic carboxylic acids is 1. The van der Waals surface area contributed by atoms with Gasteiger partial charge in [-0.2, -0.15) is 4.72 Å². The Bertz CT molecular complexity index is 748. The predicted octanol–water partition coefficient (Wildman–Crippen LogP) is 1.10. The van der Waals surface area contributed by atoms with Crippen molar-refractivity contribution in [3.05, 3.63) is 22.7 Å². The van der Waals surface area contributed by atoms with Crippen molar-refractivity contribution in [1.82, 2.24) is 10.0 Å².